The third kappa shape index (κ3) is 3.97. The van der Waals surface area contributed by atoms with Gasteiger partial charge >= 0.3 is 0 Å². The number of benzene rings is 1. The molecule has 23 heavy (non-hydrogen) atoms. The van der Waals surface area contributed by atoms with Crippen molar-refractivity contribution in [1.29, 1.82) is 0 Å². The minimum absolute atomic E-state index is 0.153. The molecule has 0 saturated carbocycles. The predicted octanol–water partition coefficient (Wildman–Crippen LogP) is 2.84. The Labute approximate surface area is 131 Å². The zero-order valence-corrected chi connectivity index (χ0v) is 12.1. The maximum Gasteiger partial charge on any atom is 0.266 e. The first-order valence-electron chi connectivity index (χ1n) is 7.00. The predicted molar refractivity (Wildman–Crippen MR) is 80.9 cm³/mol. The van der Waals surface area contributed by atoms with Gasteiger partial charge in [-0.1, -0.05) is 12.1 Å². The third-order valence-corrected chi connectivity index (χ3v) is 3.03. The van der Waals surface area contributed by atoms with Crippen LogP contribution in [0.5, 0.6) is 0 Å². The van der Waals surface area contributed by atoms with E-state index in [1.807, 2.05) is 6.07 Å². The van der Waals surface area contributed by atoms with Crippen molar-refractivity contribution < 1.29 is 13.6 Å². The van der Waals surface area contributed by atoms with Crippen LogP contribution in [-0.2, 0) is 11.2 Å². The van der Waals surface area contributed by atoms with E-state index in [1.165, 1.54) is 18.2 Å². The van der Waals surface area contributed by atoms with Crippen LogP contribution in [0.3, 0.4) is 0 Å². The summed E-state index contributed by atoms with van der Waals surface area (Å²) in [6.07, 6.45) is 2.08. The van der Waals surface area contributed by atoms with Crippen LogP contribution in [0.25, 0.3) is 11.6 Å². The van der Waals surface area contributed by atoms with Crippen molar-refractivity contribution >= 4 is 11.6 Å². The van der Waals surface area contributed by atoms with E-state index < -0.39 is 5.82 Å². The highest BCUT2D eigenvalue weighted by Crippen LogP contribution is 2.15. The smallest absolute Gasteiger partial charge is 0.266 e. The molecule has 116 valence electrons. The molecule has 3 rings (SSSR count). The molecule has 1 amide bonds. The Bertz CT molecular complexity index is 805. The standard InChI is InChI=1S/C16H13FN4O2/c17-11-4-3-5-12(10-11)19-14(22)7-8-15-20-21-16(23-15)13-6-1-2-9-18-13/h1-6,9-10H,7-8H2,(H,19,22). The highest BCUT2D eigenvalue weighted by molar-refractivity contribution is 5.90. The van der Waals surface area contributed by atoms with Crippen LogP contribution in [0, 0.1) is 5.82 Å². The molecule has 0 aliphatic heterocycles. The molecule has 6 nitrogen and oxygen atoms in total. The highest BCUT2D eigenvalue weighted by Gasteiger charge is 2.11. The number of nitrogens with one attached hydrogen (secondary N) is 1. The van der Waals surface area contributed by atoms with E-state index in [4.69, 9.17) is 4.42 Å². The second kappa shape index (κ2) is 6.78. The Balaban J connectivity index is 1.56. The Kier molecular flexibility index (Phi) is 4.37. The summed E-state index contributed by atoms with van der Waals surface area (Å²) in [5.41, 5.74) is 0.991. The molecule has 1 N–H and O–H groups in total. The van der Waals surface area contributed by atoms with Crippen LogP contribution in [0.2, 0.25) is 0 Å². The summed E-state index contributed by atoms with van der Waals surface area (Å²) in [7, 11) is 0. The Morgan fingerprint density at radius 2 is 2.09 bits per heavy atom. The van der Waals surface area contributed by atoms with Crippen LogP contribution in [0.15, 0.2) is 53.1 Å². The number of halogens is 1. The summed E-state index contributed by atoms with van der Waals surface area (Å²) in [4.78, 5) is 15.9. The Hall–Kier alpha value is -3.09. The van der Waals surface area contributed by atoms with Crippen molar-refractivity contribution in [3.8, 4) is 11.6 Å². The maximum atomic E-state index is 13.0. The number of aromatic nitrogens is 3. The number of hydrogen-bond donors (Lipinski definition) is 1. The van der Waals surface area contributed by atoms with Crippen LogP contribution in [-0.4, -0.2) is 21.1 Å². The van der Waals surface area contributed by atoms with E-state index in [2.05, 4.69) is 20.5 Å². The molecule has 0 aliphatic carbocycles. The molecule has 0 atom stereocenters. The lowest BCUT2D eigenvalue weighted by Crippen LogP contribution is -2.12. The van der Waals surface area contributed by atoms with Gasteiger partial charge in [0, 0.05) is 24.7 Å². The first kappa shape index (κ1) is 14.8. The molecular formula is C16H13FN4O2. The van der Waals surface area contributed by atoms with Gasteiger partial charge in [0.1, 0.15) is 11.5 Å². The molecule has 0 radical (unpaired) electrons. The number of hydrogen-bond acceptors (Lipinski definition) is 5. The zero-order chi connectivity index (χ0) is 16.1. The van der Waals surface area contributed by atoms with Gasteiger partial charge < -0.3 is 9.73 Å². The van der Waals surface area contributed by atoms with Gasteiger partial charge in [0.2, 0.25) is 11.8 Å². The van der Waals surface area contributed by atoms with E-state index in [0.29, 0.717) is 29.6 Å². The second-order valence-corrected chi connectivity index (χ2v) is 4.77. The van der Waals surface area contributed by atoms with Crippen LogP contribution < -0.4 is 5.32 Å². The number of carbonyl (C=O) groups excluding carboxylic acids is 1. The number of pyridine rings is 1. The van der Waals surface area contributed by atoms with Crippen molar-refractivity contribution in [1.82, 2.24) is 15.2 Å². The normalized spacial score (nSPS) is 10.5. The molecule has 3 aromatic rings. The molecule has 0 unspecified atom stereocenters. The van der Waals surface area contributed by atoms with E-state index in [1.54, 1.807) is 24.4 Å². The number of carbonyl (C=O) groups is 1. The topological polar surface area (TPSA) is 80.9 Å². The van der Waals surface area contributed by atoms with Crippen LogP contribution in [0.4, 0.5) is 10.1 Å². The molecular weight excluding hydrogens is 299 g/mol. The third-order valence-electron chi connectivity index (χ3n) is 3.03. The van der Waals surface area contributed by atoms with Gasteiger partial charge in [-0.15, -0.1) is 10.2 Å². The Morgan fingerprint density at radius 1 is 1.17 bits per heavy atom. The van der Waals surface area contributed by atoms with Crippen molar-refractivity contribution in [3.05, 3.63) is 60.4 Å². The van der Waals surface area contributed by atoms with Gasteiger partial charge in [0.25, 0.3) is 5.89 Å². The first-order valence-corrected chi connectivity index (χ1v) is 7.00. The van der Waals surface area contributed by atoms with Gasteiger partial charge in [-0.05, 0) is 30.3 Å². The molecule has 0 bridgehead atoms. The first-order chi connectivity index (χ1) is 11.2. The lowest BCUT2D eigenvalue weighted by Gasteiger charge is -2.03. The number of anilines is 1. The number of aryl methyl sites for hydroxylation is 1. The van der Waals surface area contributed by atoms with Gasteiger partial charge in [0.05, 0.1) is 0 Å². The fraction of sp³-hybridized carbons (Fsp3) is 0.125. The van der Waals surface area contributed by atoms with Crippen LogP contribution in [0.1, 0.15) is 12.3 Å². The van der Waals surface area contributed by atoms with Crippen molar-refractivity contribution in [2.24, 2.45) is 0 Å². The molecule has 0 spiro atoms. The molecule has 0 fully saturated rings. The minimum Gasteiger partial charge on any atom is -0.419 e. The lowest BCUT2D eigenvalue weighted by atomic mass is 10.2. The van der Waals surface area contributed by atoms with E-state index in [0.717, 1.165) is 0 Å². The largest absolute Gasteiger partial charge is 0.419 e. The molecule has 0 aliphatic rings. The SMILES string of the molecule is O=C(CCc1nnc(-c2ccccn2)o1)Nc1cccc(F)c1. The monoisotopic (exact) mass is 312 g/mol. The fourth-order valence-electron chi connectivity index (χ4n) is 1.96. The molecule has 0 saturated heterocycles. The van der Waals surface area contributed by atoms with Gasteiger partial charge in [0.15, 0.2) is 0 Å². The van der Waals surface area contributed by atoms with Crippen LogP contribution >= 0.6 is 0 Å². The van der Waals surface area contributed by atoms with Gasteiger partial charge in [-0.3, -0.25) is 9.78 Å². The summed E-state index contributed by atoms with van der Waals surface area (Å²) in [6, 6.07) is 11.1. The highest BCUT2D eigenvalue weighted by atomic mass is 19.1. The lowest BCUT2D eigenvalue weighted by molar-refractivity contribution is -0.116. The van der Waals surface area contributed by atoms with Gasteiger partial charge in [-0.2, -0.15) is 0 Å². The molecule has 2 aromatic heterocycles. The summed E-state index contributed by atoms with van der Waals surface area (Å²) in [5, 5.41) is 10.4. The number of amides is 1. The second-order valence-electron chi connectivity index (χ2n) is 4.77. The Morgan fingerprint density at radius 3 is 2.87 bits per heavy atom. The summed E-state index contributed by atoms with van der Waals surface area (Å²) in [6.45, 7) is 0. The quantitative estimate of drug-likeness (QED) is 0.783. The molecule has 1 aromatic carbocycles. The molecule has 2 heterocycles. The van der Waals surface area contributed by atoms with E-state index >= 15 is 0 Å². The van der Waals surface area contributed by atoms with Gasteiger partial charge in [-0.25, -0.2) is 4.39 Å². The zero-order valence-electron chi connectivity index (χ0n) is 12.1. The van der Waals surface area contributed by atoms with Crippen molar-refractivity contribution in [2.75, 3.05) is 5.32 Å². The summed E-state index contributed by atoms with van der Waals surface area (Å²) < 4.78 is 18.5. The van der Waals surface area contributed by atoms with Crippen molar-refractivity contribution in [3.63, 3.8) is 0 Å². The maximum absolute atomic E-state index is 13.0. The fourth-order valence-corrected chi connectivity index (χ4v) is 1.96. The molecule has 7 heteroatoms. The summed E-state index contributed by atoms with van der Waals surface area (Å²) in [5.74, 6) is -0.000857. The van der Waals surface area contributed by atoms with Crippen molar-refractivity contribution in [2.45, 2.75) is 12.8 Å². The number of rotatable bonds is 5. The minimum atomic E-state index is -0.403. The average molecular weight is 312 g/mol. The average Bonchev–Trinajstić information content (AvgIpc) is 3.03. The van der Waals surface area contributed by atoms with E-state index in [9.17, 15) is 9.18 Å². The number of nitrogens with zero attached hydrogens (tertiary/aromatic N) is 3. The summed E-state index contributed by atoms with van der Waals surface area (Å²) >= 11 is 0. The van der Waals surface area contributed by atoms with E-state index in [-0.39, 0.29) is 12.3 Å².